The van der Waals surface area contributed by atoms with Gasteiger partial charge in [-0.2, -0.15) is 4.98 Å². The molecule has 1 amide bonds. The fourth-order valence-corrected chi connectivity index (χ4v) is 4.62. The fourth-order valence-electron chi connectivity index (χ4n) is 4.07. The zero-order chi connectivity index (χ0) is 26.1. The molecule has 0 saturated heterocycles. The molecule has 0 aliphatic carbocycles. The molecular weight excluding hydrogens is 484 g/mol. The minimum absolute atomic E-state index is 0.0884. The molecule has 188 valence electrons. The molecule has 1 aliphatic rings. The molecule has 12 heteroatoms. The number of hydrogen-bond acceptors (Lipinski definition) is 9. The zero-order valence-electron chi connectivity index (χ0n) is 20.4. The third kappa shape index (κ3) is 4.47. The summed E-state index contributed by atoms with van der Waals surface area (Å²) >= 11 is 1.43. The number of methoxy groups -OCH3 is 1. The van der Waals surface area contributed by atoms with Crippen LogP contribution in [0.3, 0.4) is 0 Å². The maximum absolute atomic E-state index is 13.7. The normalized spacial score (nSPS) is 14.8. The SMILES string of the molecule is CCSc1nc2n(n1)C(c1cc(OC)c(O)c([N+](=O)[O-])c1)C(C(=O)Nc1cccc(C)c1C)=C(C)N2. The molecule has 0 fully saturated rings. The topological polar surface area (TPSA) is 144 Å². The summed E-state index contributed by atoms with van der Waals surface area (Å²) < 4.78 is 6.74. The van der Waals surface area contributed by atoms with Crippen molar-refractivity contribution in [1.82, 2.24) is 14.8 Å². The van der Waals surface area contributed by atoms with Gasteiger partial charge in [0.05, 0.1) is 17.6 Å². The monoisotopic (exact) mass is 510 g/mol. The Morgan fingerprint density at radius 1 is 1.33 bits per heavy atom. The van der Waals surface area contributed by atoms with Crippen molar-refractivity contribution in [2.45, 2.75) is 38.9 Å². The predicted molar refractivity (Wildman–Crippen MR) is 137 cm³/mol. The second kappa shape index (κ2) is 9.90. The zero-order valence-corrected chi connectivity index (χ0v) is 21.3. The number of nitrogens with zero attached hydrogens (tertiary/aromatic N) is 4. The number of nitro benzene ring substituents is 1. The number of aromatic hydroxyl groups is 1. The number of phenols is 1. The highest BCUT2D eigenvalue weighted by Crippen LogP contribution is 2.43. The molecule has 2 aromatic carbocycles. The first kappa shape index (κ1) is 25.0. The van der Waals surface area contributed by atoms with Gasteiger partial charge < -0.3 is 20.5 Å². The van der Waals surface area contributed by atoms with Gasteiger partial charge in [0, 0.05) is 17.5 Å². The minimum Gasteiger partial charge on any atom is -0.500 e. The number of benzene rings is 2. The first-order valence-electron chi connectivity index (χ1n) is 11.2. The van der Waals surface area contributed by atoms with Crippen LogP contribution >= 0.6 is 11.8 Å². The summed E-state index contributed by atoms with van der Waals surface area (Å²) in [5.74, 6) is 0.0439. The molecule has 1 aliphatic heterocycles. The number of hydrogen-bond donors (Lipinski definition) is 3. The molecular formula is C24H26N6O5S. The maximum atomic E-state index is 13.7. The van der Waals surface area contributed by atoms with Crippen molar-refractivity contribution in [1.29, 1.82) is 0 Å². The van der Waals surface area contributed by atoms with E-state index in [0.717, 1.165) is 16.9 Å². The van der Waals surface area contributed by atoms with E-state index in [1.165, 1.54) is 35.7 Å². The molecule has 3 N–H and O–H groups in total. The maximum Gasteiger partial charge on any atom is 0.315 e. The lowest BCUT2D eigenvalue weighted by Gasteiger charge is -2.29. The number of nitro groups is 1. The first-order valence-corrected chi connectivity index (χ1v) is 12.1. The van der Waals surface area contributed by atoms with E-state index in [0.29, 0.717) is 33.6 Å². The highest BCUT2D eigenvalue weighted by atomic mass is 32.2. The molecule has 0 bridgehead atoms. The Morgan fingerprint density at radius 3 is 2.75 bits per heavy atom. The van der Waals surface area contributed by atoms with Crippen molar-refractivity contribution in [3.63, 3.8) is 0 Å². The minimum atomic E-state index is -0.877. The number of nitrogens with one attached hydrogen (secondary N) is 2. The number of rotatable bonds is 7. The van der Waals surface area contributed by atoms with Crippen LogP contribution in [0.5, 0.6) is 11.5 Å². The molecule has 1 unspecified atom stereocenters. The average molecular weight is 511 g/mol. The Hall–Kier alpha value is -4.06. The van der Waals surface area contributed by atoms with Crippen LogP contribution in [0.1, 0.15) is 36.6 Å². The first-order chi connectivity index (χ1) is 17.2. The predicted octanol–water partition coefficient (Wildman–Crippen LogP) is 4.56. The van der Waals surface area contributed by atoms with E-state index in [9.17, 15) is 20.0 Å². The molecule has 0 saturated carbocycles. The Labute approximate surface area is 211 Å². The molecule has 3 aromatic rings. The number of aromatic nitrogens is 3. The number of carbonyl (C=O) groups is 1. The van der Waals surface area contributed by atoms with E-state index < -0.39 is 28.3 Å². The van der Waals surface area contributed by atoms with Gasteiger partial charge >= 0.3 is 5.69 Å². The molecule has 11 nitrogen and oxygen atoms in total. The van der Waals surface area contributed by atoms with Crippen LogP contribution in [0, 0.1) is 24.0 Å². The number of thioether (sulfide) groups is 1. The lowest BCUT2D eigenvalue weighted by molar-refractivity contribution is -0.386. The summed E-state index contributed by atoms with van der Waals surface area (Å²) in [6.45, 7) is 7.58. The van der Waals surface area contributed by atoms with Crippen LogP contribution in [0.15, 0.2) is 46.8 Å². The van der Waals surface area contributed by atoms with Gasteiger partial charge in [-0.05, 0) is 55.3 Å². The quantitative estimate of drug-likeness (QED) is 0.237. The summed E-state index contributed by atoms with van der Waals surface area (Å²) in [4.78, 5) is 29.2. The summed E-state index contributed by atoms with van der Waals surface area (Å²) in [5.41, 5.74) is 3.21. The van der Waals surface area contributed by atoms with Crippen molar-refractivity contribution >= 4 is 35.0 Å². The summed E-state index contributed by atoms with van der Waals surface area (Å²) in [6.07, 6.45) is 0. The van der Waals surface area contributed by atoms with Gasteiger partial charge in [0.2, 0.25) is 16.9 Å². The average Bonchev–Trinajstić information content (AvgIpc) is 3.23. The van der Waals surface area contributed by atoms with Crippen molar-refractivity contribution in [2.24, 2.45) is 0 Å². The summed E-state index contributed by atoms with van der Waals surface area (Å²) in [5, 5.41) is 33.2. The van der Waals surface area contributed by atoms with Gasteiger partial charge in [-0.25, -0.2) is 4.68 Å². The Kier molecular flexibility index (Phi) is 6.88. The number of phenolic OH excluding ortho intramolecular Hbond substituents is 1. The van der Waals surface area contributed by atoms with Crippen LogP contribution in [0.25, 0.3) is 0 Å². The van der Waals surface area contributed by atoms with Crippen molar-refractivity contribution < 1.29 is 19.6 Å². The van der Waals surface area contributed by atoms with Gasteiger partial charge in [0.25, 0.3) is 5.91 Å². The van der Waals surface area contributed by atoms with E-state index >= 15 is 0 Å². The number of ether oxygens (including phenoxy) is 1. The van der Waals surface area contributed by atoms with Crippen LogP contribution in [0.2, 0.25) is 0 Å². The van der Waals surface area contributed by atoms with E-state index in [2.05, 4.69) is 20.7 Å². The smallest absolute Gasteiger partial charge is 0.315 e. The third-order valence-corrected chi connectivity index (χ3v) is 6.73. The van der Waals surface area contributed by atoms with Gasteiger partial charge in [-0.1, -0.05) is 30.8 Å². The highest BCUT2D eigenvalue weighted by molar-refractivity contribution is 7.99. The lowest BCUT2D eigenvalue weighted by atomic mass is 9.94. The van der Waals surface area contributed by atoms with E-state index in [-0.39, 0.29) is 5.75 Å². The molecule has 1 aromatic heterocycles. The number of anilines is 2. The van der Waals surface area contributed by atoms with Gasteiger partial charge in [-0.15, -0.1) is 5.10 Å². The number of aryl methyl sites for hydroxylation is 1. The molecule has 0 radical (unpaired) electrons. The van der Waals surface area contributed by atoms with Crippen LogP contribution in [-0.2, 0) is 4.79 Å². The van der Waals surface area contributed by atoms with Crippen LogP contribution in [-0.4, -0.2) is 43.6 Å². The van der Waals surface area contributed by atoms with Gasteiger partial charge in [0.1, 0.15) is 6.04 Å². The van der Waals surface area contributed by atoms with E-state index in [1.54, 1.807) is 6.92 Å². The van der Waals surface area contributed by atoms with Gasteiger partial charge in [0.15, 0.2) is 5.75 Å². The second-order valence-corrected chi connectivity index (χ2v) is 9.44. The van der Waals surface area contributed by atoms with Crippen LogP contribution in [0.4, 0.5) is 17.3 Å². The number of carbonyl (C=O) groups excluding carboxylic acids is 1. The Balaban J connectivity index is 1.89. The molecule has 0 spiro atoms. The number of amides is 1. The molecule has 4 rings (SSSR count). The lowest BCUT2D eigenvalue weighted by Crippen LogP contribution is -2.31. The summed E-state index contributed by atoms with van der Waals surface area (Å²) in [6, 6.07) is 7.44. The number of fused-ring (bicyclic) bond motifs is 1. The second-order valence-electron chi connectivity index (χ2n) is 8.21. The fraction of sp³-hybridized carbons (Fsp3) is 0.292. The highest BCUT2D eigenvalue weighted by Gasteiger charge is 2.36. The van der Waals surface area contributed by atoms with Crippen molar-refractivity contribution in [2.75, 3.05) is 23.5 Å². The van der Waals surface area contributed by atoms with E-state index in [4.69, 9.17) is 4.74 Å². The van der Waals surface area contributed by atoms with E-state index in [1.807, 2.05) is 39.0 Å². The Bertz CT molecular complexity index is 1400. The third-order valence-electron chi connectivity index (χ3n) is 6.01. The largest absolute Gasteiger partial charge is 0.500 e. The Morgan fingerprint density at radius 2 is 2.08 bits per heavy atom. The molecule has 1 atom stereocenters. The number of allylic oxidation sites excluding steroid dienone is 1. The van der Waals surface area contributed by atoms with Gasteiger partial charge in [-0.3, -0.25) is 14.9 Å². The van der Waals surface area contributed by atoms with Crippen molar-refractivity contribution in [3.8, 4) is 11.5 Å². The van der Waals surface area contributed by atoms with Crippen molar-refractivity contribution in [3.05, 3.63) is 68.4 Å². The standard InChI is InChI=1S/C24H26N6O5S/c1-6-36-24-27-23-25-14(4)19(22(32)26-16-9-7-8-12(2)13(16)3)20(29(23)28-24)15-10-17(30(33)34)21(31)18(11-15)35-5/h7-11,20,31H,6H2,1-5H3,(H,26,32)(H,25,27,28). The summed E-state index contributed by atoms with van der Waals surface area (Å²) in [7, 11) is 1.30. The van der Waals surface area contributed by atoms with Crippen LogP contribution < -0.4 is 15.4 Å². The molecule has 36 heavy (non-hydrogen) atoms. The molecule has 2 heterocycles.